The van der Waals surface area contributed by atoms with Gasteiger partial charge in [-0.1, -0.05) is 43.7 Å². The fraction of sp³-hybridized carbons (Fsp3) is 0.278. The summed E-state index contributed by atoms with van der Waals surface area (Å²) in [7, 11) is 0. The molecule has 0 aliphatic carbocycles. The maximum absolute atomic E-state index is 12.6. The number of benzene rings is 2. The van der Waals surface area contributed by atoms with Crippen LogP contribution in [0.1, 0.15) is 47.3 Å². The molecule has 0 fully saturated rings. The van der Waals surface area contributed by atoms with Crippen molar-refractivity contribution < 1.29 is 9.90 Å². The third kappa shape index (κ3) is 2.40. The first-order chi connectivity index (χ1) is 10.2. The zero-order valence-electron chi connectivity index (χ0n) is 12.1. The van der Waals surface area contributed by atoms with E-state index in [9.17, 15) is 9.90 Å². The summed E-state index contributed by atoms with van der Waals surface area (Å²) in [6.45, 7) is 2.89. The van der Waals surface area contributed by atoms with Crippen LogP contribution in [0.5, 0.6) is 5.75 Å². The fourth-order valence-electron chi connectivity index (χ4n) is 2.95. The highest BCUT2D eigenvalue weighted by molar-refractivity contribution is 5.99. The Morgan fingerprint density at radius 2 is 1.81 bits per heavy atom. The summed E-state index contributed by atoms with van der Waals surface area (Å²) in [5, 5.41) is 9.47. The van der Waals surface area contributed by atoms with E-state index in [1.54, 1.807) is 12.1 Å². The van der Waals surface area contributed by atoms with Gasteiger partial charge in [0.1, 0.15) is 5.75 Å². The van der Waals surface area contributed by atoms with Gasteiger partial charge in [0.15, 0.2) is 0 Å². The molecule has 1 heterocycles. The molecule has 2 aromatic rings. The topological polar surface area (TPSA) is 40.5 Å². The number of hydrogen-bond acceptors (Lipinski definition) is 2. The molecule has 1 aliphatic heterocycles. The molecule has 0 spiro atoms. The minimum Gasteiger partial charge on any atom is -0.508 e. The van der Waals surface area contributed by atoms with E-state index < -0.39 is 0 Å². The Hall–Kier alpha value is -2.29. The normalized spacial score (nSPS) is 17.1. The van der Waals surface area contributed by atoms with Crippen molar-refractivity contribution in [1.29, 1.82) is 0 Å². The number of carbonyl (C=O) groups is 1. The zero-order chi connectivity index (χ0) is 14.8. The Morgan fingerprint density at radius 3 is 2.52 bits per heavy atom. The highest BCUT2D eigenvalue weighted by atomic mass is 16.3. The van der Waals surface area contributed by atoms with Crippen LogP contribution in [-0.4, -0.2) is 22.5 Å². The van der Waals surface area contributed by atoms with Crippen molar-refractivity contribution in [2.75, 3.05) is 6.54 Å². The lowest BCUT2D eigenvalue weighted by atomic mass is 9.98. The van der Waals surface area contributed by atoms with E-state index in [0.29, 0.717) is 0 Å². The molecule has 3 rings (SSSR count). The lowest BCUT2D eigenvalue weighted by molar-refractivity contribution is 0.0747. The summed E-state index contributed by atoms with van der Waals surface area (Å²) < 4.78 is 0. The molecule has 0 radical (unpaired) electrons. The largest absolute Gasteiger partial charge is 0.508 e. The second-order valence-electron chi connectivity index (χ2n) is 5.43. The molecule has 3 nitrogen and oxygen atoms in total. The Kier molecular flexibility index (Phi) is 3.65. The van der Waals surface area contributed by atoms with Crippen LogP contribution in [0.4, 0.5) is 0 Å². The molecule has 0 saturated carbocycles. The van der Waals surface area contributed by atoms with Gasteiger partial charge in [-0.25, -0.2) is 0 Å². The number of aromatic hydroxyl groups is 1. The van der Waals surface area contributed by atoms with Crippen LogP contribution in [0.3, 0.4) is 0 Å². The van der Waals surface area contributed by atoms with Crippen molar-refractivity contribution in [2.24, 2.45) is 0 Å². The van der Waals surface area contributed by atoms with E-state index in [1.807, 2.05) is 41.3 Å². The molecule has 0 saturated heterocycles. The molecule has 0 aromatic heterocycles. The average Bonchev–Trinajstić information content (AvgIpc) is 2.79. The summed E-state index contributed by atoms with van der Waals surface area (Å²) >= 11 is 0. The molecule has 2 aromatic carbocycles. The maximum Gasteiger partial charge on any atom is 0.255 e. The highest BCUT2D eigenvalue weighted by Gasteiger charge is 2.36. The molecule has 108 valence electrons. The average molecular weight is 281 g/mol. The second-order valence-corrected chi connectivity index (χ2v) is 5.43. The molecular weight excluding hydrogens is 262 g/mol. The first-order valence-electron chi connectivity index (χ1n) is 7.41. The van der Waals surface area contributed by atoms with Gasteiger partial charge in [-0.3, -0.25) is 4.79 Å². The Bertz CT molecular complexity index is 649. The minimum atomic E-state index is -0.0409. The van der Waals surface area contributed by atoms with Crippen LogP contribution in [-0.2, 0) is 0 Å². The zero-order valence-corrected chi connectivity index (χ0v) is 12.1. The van der Waals surface area contributed by atoms with Gasteiger partial charge in [0.2, 0.25) is 0 Å². The van der Waals surface area contributed by atoms with Gasteiger partial charge >= 0.3 is 0 Å². The van der Waals surface area contributed by atoms with E-state index >= 15 is 0 Å². The summed E-state index contributed by atoms with van der Waals surface area (Å²) in [5.74, 6) is 0.355. The van der Waals surface area contributed by atoms with Crippen molar-refractivity contribution in [3.63, 3.8) is 0 Å². The molecule has 3 heteroatoms. The minimum absolute atomic E-state index is 0.0409. The SMILES string of the molecule is CCCCN1C(=O)c2ccccc2[C@H]1c1ccc(O)cc1. The number of carbonyl (C=O) groups excluding carboxylic acids is 1. The summed E-state index contributed by atoms with van der Waals surface area (Å²) in [6.07, 6.45) is 2.05. The first kappa shape index (κ1) is 13.7. The predicted molar refractivity (Wildman–Crippen MR) is 82.3 cm³/mol. The van der Waals surface area contributed by atoms with Crippen molar-refractivity contribution in [3.8, 4) is 5.75 Å². The van der Waals surface area contributed by atoms with Crippen LogP contribution >= 0.6 is 0 Å². The van der Waals surface area contributed by atoms with Gasteiger partial charge in [0.05, 0.1) is 6.04 Å². The molecular formula is C18H19NO2. The standard InChI is InChI=1S/C18H19NO2/c1-2-3-12-19-17(13-8-10-14(20)11-9-13)15-6-4-5-7-16(15)18(19)21/h4-11,17,20H,2-3,12H2,1H3/t17-/m1/s1. The third-order valence-electron chi connectivity index (χ3n) is 4.02. The first-order valence-corrected chi connectivity index (χ1v) is 7.41. The van der Waals surface area contributed by atoms with Gasteiger partial charge in [0.25, 0.3) is 5.91 Å². The lowest BCUT2D eigenvalue weighted by Gasteiger charge is -2.25. The Balaban J connectivity index is 2.04. The fourth-order valence-corrected chi connectivity index (χ4v) is 2.95. The summed E-state index contributed by atoms with van der Waals surface area (Å²) in [5.41, 5.74) is 2.90. The molecule has 0 unspecified atom stereocenters. The lowest BCUT2D eigenvalue weighted by Crippen LogP contribution is -2.29. The Labute approximate surface area is 124 Å². The summed E-state index contributed by atoms with van der Waals surface area (Å²) in [4.78, 5) is 14.6. The highest BCUT2D eigenvalue weighted by Crippen LogP contribution is 2.38. The van der Waals surface area contributed by atoms with Crippen molar-refractivity contribution in [2.45, 2.75) is 25.8 Å². The second kappa shape index (κ2) is 5.60. The van der Waals surface area contributed by atoms with E-state index in [4.69, 9.17) is 0 Å². The van der Waals surface area contributed by atoms with Crippen molar-refractivity contribution in [3.05, 3.63) is 65.2 Å². The van der Waals surface area contributed by atoms with Crippen LogP contribution in [0.15, 0.2) is 48.5 Å². The molecule has 0 bridgehead atoms. The number of hydrogen-bond donors (Lipinski definition) is 1. The van der Waals surface area contributed by atoms with Gasteiger partial charge in [-0.2, -0.15) is 0 Å². The monoisotopic (exact) mass is 281 g/mol. The number of amides is 1. The van der Waals surface area contributed by atoms with Gasteiger partial charge < -0.3 is 10.0 Å². The van der Waals surface area contributed by atoms with E-state index in [2.05, 4.69) is 6.92 Å². The quantitative estimate of drug-likeness (QED) is 0.927. The maximum atomic E-state index is 12.6. The smallest absolute Gasteiger partial charge is 0.255 e. The molecule has 1 amide bonds. The number of rotatable bonds is 4. The number of nitrogens with zero attached hydrogens (tertiary/aromatic N) is 1. The summed E-state index contributed by atoms with van der Waals surface area (Å²) in [6, 6.07) is 14.9. The van der Waals surface area contributed by atoms with Crippen LogP contribution in [0.25, 0.3) is 0 Å². The van der Waals surface area contributed by atoms with Crippen LogP contribution in [0, 0.1) is 0 Å². The number of unbranched alkanes of at least 4 members (excludes halogenated alkanes) is 1. The van der Waals surface area contributed by atoms with Gasteiger partial charge in [0, 0.05) is 12.1 Å². The van der Waals surface area contributed by atoms with Crippen LogP contribution < -0.4 is 0 Å². The number of phenolic OH excluding ortho intramolecular Hbond substituents is 1. The predicted octanol–water partition coefficient (Wildman–Crippen LogP) is 3.74. The third-order valence-corrected chi connectivity index (χ3v) is 4.02. The Morgan fingerprint density at radius 1 is 1.10 bits per heavy atom. The van der Waals surface area contributed by atoms with E-state index in [0.717, 1.165) is 36.1 Å². The van der Waals surface area contributed by atoms with Gasteiger partial charge in [-0.05, 0) is 35.7 Å². The molecule has 1 atom stereocenters. The molecule has 1 N–H and O–H groups in total. The molecule has 21 heavy (non-hydrogen) atoms. The number of fused-ring (bicyclic) bond motifs is 1. The van der Waals surface area contributed by atoms with E-state index in [1.165, 1.54) is 0 Å². The van der Waals surface area contributed by atoms with E-state index in [-0.39, 0.29) is 17.7 Å². The molecule has 1 aliphatic rings. The number of phenols is 1. The van der Waals surface area contributed by atoms with Crippen molar-refractivity contribution in [1.82, 2.24) is 4.90 Å². The van der Waals surface area contributed by atoms with Crippen molar-refractivity contribution >= 4 is 5.91 Å². The van der Waals surface area contributed by atoms with Gasteiger partial charge in [-0.15, -0.1) is 0 Å². The van der Waals surface area contributed by atoms with Crippen LogP contribution in [0.2, 0.25) is 0 Å².